The van der Waals surface area contributed by atoms with Crippen molar-refractivity contribution in [1.29, 1.82) is 0 Å². The second kappa shape index (κ2) is 14.7. The zero-order valence-electron chi connectivity index (χ0n) is 27.5. The molecule has 8 atom stereocenters. The molecule has 2 N–H and O–H groups in total. The number of nitrogens with zero attached hydrogens (tertiary/aromatic N) is 2. The van der Waals surface area contributed by atoms with Gasteiger partial charge < -0.3 is 29.7 Å². The first-order valence-corrected chi connectivity index (χ1v) is 15.4. The van der Waals surface area contributed by atoms with E-state index in [1.54, 1.807) is 48.8 Å². The summed E-state index contributed by atoms with van der Waals surface area (Å²) < 4.78 is 17.5. The monoisotopic (exact) mass is 594 g/mol. The van der Waals surface area contributed by atoms with Gasteiger partial charge in [0.2, 0.25) is 17.7 Å². The molecule has 0 saturated carbocycles. The van der Waals surface area contributed by atoms with Crippen LogP contribution in [0.5, 0.6) is 0 Å². The number of fused-ring (bicyclic) bond motifs is 1. The second-order valence-corrected chi connectivity index (χ2v) is 13.0. The van der Waals surface area contributed by atoms with Gasteiger partial charge in [0.15, 0.2) is 5.54 Å². The SMILES string of the molecule is CCC[C@@H](CC[C@@H](C)[C@@H]1OC(=O)[C@H](C)NC(=O)C([C@@H](C)CC)N(C)C(=O)[C@]2(C)COC(=N2)[C@H](C)NC(=O)C1(C)C)OC. The highest BCUT2D eigenvalue weighted by Crippen LogP contribution is 2.34. The summed E-state index contributed by atoms with van der Waals surface area (Å²) >= 11 is 0. The molecule has 0 aromatic rings. The summed E-state index contributed by atoms with van der Waals surface area (Å²) in [5, 5.41) is 5.74. The van der Waals surface area contributed by atoms with Gasteiger partial charge in [0.05, 0.1) is 11.5 Å². The lowest BCUT2D eigenvalue weighted by atomic mass is 9.77. The summed E-state index contributed by atoms with van der Waals surface area (Å²) in [5.41, 5.74) is -2.41. The van der Waals surface area contributed by atoms with Crippen molar-refractivity contribution in [3.05, 3.63) is 0 Å². The molecule has 0 aliphatic carbocycles. The molecule has 1 unspecified atom stereocenters. The molecule has 2 rings (SSSR count). The Labute approximate surface area is 251 Å². The van der Waals surface area contributed by atoms with E-state index in [0.29, 0.717) is 12.8 Å². The van der Waals surface area contributed by atoms with E-state index in [0.717, 1.165) is 19.3 Å². The van der Waals surface area contributed by atoms with E-state index in [1.807, 2.05) is 20.8 Å². The van der Waals surface area contributed by atoms with Crippen LogP contribution in [-0.2, 0) is 33.4 Å². The molecule has 42 heavy (non-hydrogen) atoms. The van der Waals surface area contributed by atoms with Gasteiger partial charge in [-0.15, -0.1) is 0 Å². The van der Waals surface area contributed by atoms with Crippen molar-refractivity contribution in [1.82, 2.24) is 15.5 Å². The van der Waals surface area contributed by atoms with Crippen LogP contribution in [0.25, 0.3) is 0 Å². The number of rotatable bonds is 9. The molecule has 2 heterocycles. The van der Waals surface area contributed by atoms with Crippen molar-refractivity contribution >= 4 is 29.6 Å². The minimum absolute atomic E-state index is 0.0138. The van der Waals surface area contributed by atoms with Gasteiger partial charge in [-0.05, 0) is 65.7 Å². The molecular weight excluding hydrogens is 540 g/mol. The Morgan fingerprint density at radius 3 is 2.21 bits per heavy atom. The lowest BCUT2D eigenvalue weighted by Crippen LogP contribution is -2.58. The number of cyclic esters (lactones) is 1. The van der Waals surface area contributed by atoms with E-state index in [4.69, 9.17) is 14.2 Å². The van der Waals surface area contributed by atoms with E-state index in [9.17, 15) is 19.2 Å². The van der Waals surface area contributed by atoms with Gasteiger partial charge in [0.1, 0.15) is 30.8 Å². The summed E-state index contributed by atoms with van der Waals surface area (Å²) in [4.78, 5) is 60.5. The van der Waals surface area contributed by atoms with Gasteiger partial charge in [0, 0.05) is 14.2 Å². The average Bonchev–Trinajstić information content (AvgIpc) is 3.35. The maximum Gasteiger partial charge on any atom is 0.328 e. The van der Waals surface area contributed by atoms with Crippen molar-refractivity contribution < 1.29 is 33.4 Å². The molecule has 3 amide bonds. The third-order valence-corrected chi connectivity index (χ3v) is 8.88. The zero-order valence-corrected chi connectivity index (χ0v) is 27.5. The molecule has 2 aliphatic rings. The number of ether oxygens (including phenoxy) is 3. The van der Waals surface area contributed by atoms with Crippen molar-refractivity contribution in [3.63, 3.8) is 0 Å². The van der Waals surface area contributed by atoms with Gasteiger partial charge in [-0.25, -0.2) is 9.79 Å². The lowest BCUT2D eigenvalue weighted by Gasteiger charge is -2.38. The topological polar surface area (TPSA) is 136 Å². The molecule has 0 aromatic heterocycles. The highest BCUT2D eigenvalue weighted by molar-refractivity contribution is 5.98. The number of esters is 1. The molecule has 0 radical (unpaired) electrons. The Bertz CT molecular complexity index is 1020. The third kappa shape index (κ3) is 8.02. The maximum absolute atomic E-state index is 13.7. The maximum atomic E-state index is 13.7. The first kappa shape index (κ1) is 35.5. The number of nitrogens with one attached hydrogen (secondary N) is 2. The van der Waals surface area contributed by atoms with E-state index in [2.05, 4.69) is 22.5 Å². The summed E-state index contributed by atoms with van der Waals surface area (Å²) in [6.07, 6.45) is 3.22. The van der Waals surface area contributed by atoms with Crippen molar-refractivity contribution in [2.24, 2.45) is 22.2 Å². The molecule has 2 bridgehead atoms. The van der Waals surface area contributed by atoms with E-state index >= 15 is 0 Å². The Kier molecular flexibility index (Phi) is 12.4. The predicted octanol–water partition coefficient (Wildman–Crippen LogP) is 3.24. The molecule has 11 nitrogen and oxygen atoms in total. The normalized spacial score (nSPS) is 31.3. The van der Waals surface area contributed by atoms with Gasteiger partial charge in [-0.1, -0.05) is 40.5 Å². The largest absolute Gasteiger partial charge is 0.476 e. The lowest BCUT2D eigenvalue weighted by molar-refractivity contribution is -0.167. The molecule has 0 saturated heterocycles. The summed E-state index contributed by atoms with van der Waals surface area (Å²) in [6.45, 7) is 16.3. The summed E-state index contributed by atoms with van der Waals surface area (Å²) in [5.74, 6) is -1.99. The van der Waals surface area contributed by atoms with Crippen LogP contribution in [0.4, 0.5) is 0 Å². The van der Waals surface area contributed by atoms with Crippen LogP contribution >= 0.6 is 0 Å². The fourth-order valence-electron chi connectivity index (χ4n) is 5.83. The summed E-state index contributed by atoms with van der Waals surface area (Å²) in [6, 6.07) is -2.48. The Hall–Kier alpha value is -2.69. The molecule has 0 spiro atoms. The Morgan fingerprint density at radius 2 is 1.64 bits per heavy atom. The Morgan fingerprint density at radius 1 is 1.00 bits per heavy atom. The van der Waals surface area contributed by atoms with Crippen molar-refractivity contribution in [2.75, 3.05) is 20.8 Å². The molecular formula is C31H54N4O7. The number of hydrogen-bond acceptors (Lipinski definition) is 8. The number of likely N-dealkylation sites (N-methyl/N-ethyl adjacent to an activating group) is 1. The van der Waals surface area contributed by atoms with Crippen LogP contribution in [0.15, 0.2) is 4.99 Å². The van der Waals surface area contributed by atoms with Gasteiger partial charge >= 0.3 is 5.97 Å². The number of hydrogen-bond donors (Lipinski definition) is 2. The van der Waals surface area contributed by atoms with Gasteiger partial charge in [-0.3, -0.25) is 14.4 Å². The van der Waals surface area contributed by atoms with Crippen LogP contribution in [0, 0.1) is 17.3 Å². The average molecular weight is 595 g/mol. The first-order chi connectivity index (χ1) is 19.5. The van der Waals surface area contributed by atoms with Gasteiger partial charge in [0.25, 0.3) is 5.91 Å². The number of aliphatic imine (C=N–C) groups is 1. The van der Waals surface area contributed by atoms with E-state index in [-0.39, 0.29) is 42.3 Å². The molecule has 240 valence electrons. The van der Waals surface area contributed by atoms with E-state index < -0.39 is 47.1 Å². The second-order valence-electron chi connectivity index (χ2n) is 13.0. The highest BCUT2D eigenvalue weighted by atomic mass is 16.5. The fraction of sp³-hybridized carbons (Fsp3) is 0.839. The van der Waals surface area contributed by atoms with Crippen LogP contribution in [0.3, 0.4) is 0 Å². The quantitative estimate of drug-likeness (QED) is 0.391. The number of amides is 3. The molecule has 2 aliphatic heterocycles. The fourth-order valence-corrected chi connectivity index (χ4v) is 5.83. The molecule has 0 fully saturated rings. The number of carbonyl (C=O) groups excluding carboxylic acids is 4. The van der Waals surface area contributed by atoms with Crippen LogP contribution in [-0.4, -0.2) is 91.1 Å². The van der Waals surface area contributed by atoms with Crippen LogP contribution < -0.4 is 10.6 Å². The van der Waals surface area contributed by atoms with Gasteiger partial charge in [-0.2, -0.15) is 0 Å². The zero-order chi connectivity index (χ0) is 32.0. The van der Waals surface area contributed by atoms with Crippen LogP contribution in [0.2, 0.25) is 0 Å². The smallest absolute Gasteiger partial charge is 0.328 e. The first-order valence-electron chi connectivity index (χ1n) is 15.4. The van der Waals surface area contributed by atoms with Crippen molar-refractivity contribution in [2.45, 2.75) is 130 Å². The number of carbonyl (C=O) groups is 4. The molecule has 0 aromatic carbocycles. The standard InChI is InChI=1S/C31H54N4O7/c1-12-14-22(40-11)16-15-19(4)24-30(7,8)28(38)33-20(5)26-34-31(9,17-41-26)29(39)35(10)23(18(3)13-2)25(36)32-21(6)27(37)42-24/h18-24H,12-17H2,1-11H3,(H,32,36)(H,33,38)/t18-,19+,20-,21-,22-,23?,24-,31-/m0/s1. The summed E-state index contributed by atoms with van der Waals surface area (Å²) in [7, 11) is 3.26. The minimum Gasteiger partial charge on any atom is -0.476 e. The molecule has 11 heteroatoms. The predicted molar refractivity (Wildman–Crippen MR) is 161 cm³/mol. The minimum atomic E-state index is -1.26. The van der Waals surface area contributed by atoms with Crippen molar-refractivity contribution in [3.8, 4) is 0 Å². The van der Waals surface area contributed by atoms with Crippen LogP contribution in [0.1, 0.15) is 94.4 Å². The third-order valence-electron chi connectivity index (χ3n) is 8.88. The highest BCUT2D eigenvalue weighted by Gasteiger charge is 2.48. The Balaban J connectivity index is 2.53. The number of methoxy groups -OCH3 is 1. The van der Waals surface area contributed by atoms with E-state index in [1.165, 1.54) is 4.90 Å².